The Morgan fingerprint density at radius 1 is 0.724 bits per heavy atom. The van der Waals surface area contributed by atoms with E-state index in [1.807, 2.05) is 30.3 Å². The highest BCUT2D eigenvalue weighted by Crippen LogP contribution is 2.45. The van der Waals surface area contributed by atoms with Crippen molar-refractivity contribution in [2.45, 2.75) is 0 Å². The fraction of sp³-hybridized carbons (Fsp3) is 0. The van der Waals surface area contributed by atoms with E-state index >= 15 is 0 Å². The van der Waals surface area contributed by atoms with Crippen LogP contribution in [0.3, 0.4) is 0 Å². The van der Waals surface area contributed by atoms with Crippen molar-refractivity contribution < 1.29 is 0 Å². The second-order valence-electron chi connectivity index (χ2n) is 6.52. The first-order valence-corrected chi connectivity index (χ1v) is 10.3. The summed E-state index contributed by atoms with van der Waals surface area (Å²) in [6.45, 7) is 0. The van der Waals surface area contributed by atoms with Gasteiger partial charge in [0.15, 0.2) is 5.82 Å². The lowest BCUT2D eigenvalue weighted by Crippen LogP contribution is -1.85. The van der Waals surface area contributed by atoms with Gasteiger partial charge in [0, 0.05) is 15.5 Å². The molecule has 2 heterocycles. The van der Waals surface area contributed by atoms with Crippen molar-refractivity contribution in [3.8, 4) is 43.4 Å². The predicted molar refractivity (Wildman–Crippen MR) is 119 cm³/mol. The fourth-order valence-electron chi connectivity index (χ4n) is 3.37. The number of aromatic nitrogens is 4. The maximum Gasteiger partial charge on any atom is 0.189 e. The minimum absolute atomic E-state index is 0.661. The first-order valence-electron chi connectivity index (χ1n) is 9.08. The Kier molecular flexibility index (Phi) is 4.68. The van der Waals surface area contributed by atoms with Gasteiger partial charge >= 0.3 is 0 Å². The molecule has 5 rings (SSSR count). The van der Waals surface area contributed by atoms with E-state index < -0.39 is 0 Å². The lowest BCUT2D eigenvalue weighted by molar-refractivity contribution is 0.881. The Labute approximate surface area is 176 Å². The quantitative estimate of drug-likeness (QED) is 0.361. The summed E-state index contributed by atoms with van der Waals surface area (Å²) in [6.07, 6.45) is 0. The first-order chi connectivity index (χ1) is 14.3. The van der Waals surface area contributed by atoms with E-state index in [1.165, 1.54) is 16.7 Å². The zero-order valence-corrected chi connectivity index (χ0v) is 16.8. The summed E-state index contributed by atoms with van der Waals surface area (Å²) in [5.74, 6) is 0.661. The number of H-pyrrole nitrogens is 1. The van der Waals surface area contributed by atoms with E-state index in [1.54, 1.807) is 11.3 Å². The van der Waals surface area contributed by atoms with Gasteiger partial charge in [-0.1, -0.05) is 78.3 Å². The third-order valence-electron chi connectivity index (χ3n) is 4.72. The second kappa shape index (κ2) is 7.62. The van der Waals surface area contributed by atoms with Crippen molar-refractivity contribution in [2.75, 3.05) is 0 Å². The second-order valence-corrected chi connectivity index (χ2v) is 8.01. The molecule has 0 saturated carbocycles. The monoisotopic (exact) mass is 414 g/mol. The summed E-state index contributed by atoms with van der Waals surface area (Å²) >= 11 is 7.78. The van der Waals surface area contributed by atoms with Crippen molar-refractivity contribution in [1.29, 1.82) is 0 Å². The molecule has 0 atom stereocenters. The molecule has 0 fully saturated rings. The Balaban J connectivity index is 1.74. The molecule has 6 heteroatoms. The van der Waals surface area contributed by atoms with Crippen LogP contribution in [-0.2, 0) is 0 Å². The highest BCUT2D eigenvalue weighted by Gasteiger charge is 2.18. The first kappa shape index (κ1) is 17.8. The summed E-state index contributed by atoms with van der Waals surface area (Å²) in [5.41, 5.74) is 5.78. The number of nitrogens with one attached hydrogen (secondary N) is 1. The van der Waals surface area contributed by atoms with Crippen LogP contribution in [-0.4, -0.2) is 20.6 Å². The molecular formula is C23H15ClN4S. The molecule has 0 bridgehead atoms. The zero-order valence-electron chi connectivity index (χ0n) is 15.2. The van der Waals surface area contributed by atoms with Gasteiger partial charge < -0.3 is 0 Å². The van der Waals surface area contributed by atoms with Crippen molar-refractivity contribution in [3.63, 3.8) is 0 Å². The standard InChI is InChI=1S/C23H15ClN4S/c24-17-12-10-16(11-13-17)22-20(14-21(29-22)23-25-27-28-26-23)19-9-5-4-8-18(19)15-6-2-1-3-7-15/h1-14H,(H,25,26,27,28). The topological polar surface area (TPSA) is 54.5 Å². The highest BCUT2D eigenvalue weighted by atomic mass is 35.5. The van der Waals surface area contributed by atoms with E-state index in [9.17, 15) is 0 Å². The molecule has 0 amide bonds. The predicted octanol–water partition coefficient (Wildman–Crippen LogP) is 6.58. The highest BCUT2D eigenvalue weighted by molar-refractivity contribution is 7.19. The number of hydrogen-bond acceptors (Lipinski definition) is 4. The number of thiophene rings is 1. The van der Waals surface area contributed by atoms with E-state index in [0.29, 0.717) is 5.82 Å². The lowest BCUT2D eigenvalue weighted by atomic mass is 9.93. The van der Waals surface area contributed by atoms with E-state index in [-0.39, 0.29) is 0 Å². The average Bonchev–Trinajstić information content (AvgIpc) is 3.45. The van der Waals surface area contributed by atoms with Gasteiger partial charge in [0.1, 0.15) is 0 Å². The minimum atomic E-state index is 0.661. The van der Waals surface area contributed by atoms with Gasteiger partial charge in [-0.3, -0.25) is 0 Å². The van der Waals surface area contributed by atoms with Gasteiger partial charge in [-0.2, -0.15) is 0 Å². The van der Waals surface area contributed by atoms with Gasteiger partial charge in [0.05, 0.1) is 4.88 Å². The van der Waals surface area contributed by atoms with Crippen LogP contribution in [0, 0.1) is 0 Å². The molecule has 3 aromatic carbocycles. The van der Waals surface area contributed by atoms with Crippen LogP contribution in [0.5, 0.6) is 0 Å². The Morgan fingerprint density at radius 3 is 2.17 bits per heavy atom. The van der Waals surface area contributed by atoms with Gasteiger partial charge in [-0.05, 0) is 50.9 Å². The van der Waals surface area contributed by atoms with Crippen molar-refractivity contribution in [2.24, 2.45) is 0 Å². The minimum Gasteiger partial charge on any atom is -0.238 e. The largest absolute Gasteiger partial charge is 0.238 e. The summed E-state index contributed by atoms with van der Waals surface area (Å²) in [7, 11) is 0. The smallest absolute Gasteiger partial charge is 0.189 e. The lowest BCUT2D eigenvalue weighted by Gasteiger charge is -2.11. The number of nitrogens with zero attached hydrogens (tertiary/aromatic N) is 3. The molecule has 0 aliphatic heterocycles. The summed E-state index contributed by atoms with van der Waals surface area (Å²) in [4.78, 5) is 2.13. The summed E-state index contributed by atoms with van der Waals surface area (Å²) in [5, 5.41) is 15.1. The number of halogens is 1. The third kappa shape index (κ3) is 3.46. The Bertz CT molecular complexity index is 1250. The zero-order chi connectivity index (χ0) is 19.6. The van der Waals surface area contributed by atoms with Crippen LogP contribution in [0.15, 0.2) is 84.9 Å². The van der Waals surface area contributed by atoms with Crippen molar-refractivity contribution in [3.05, 3.63) is 90.0 Å². The summed E-state index contributed by atoms with van der Waals surface area (Å²) in [6, 6.07) is 29.0. The number of aromatic amines is 1. The molecular weight excluding hydrogens is 400 g/mol. The molecule has 4 nitrogen and oxygen atoms in total. The van der Waals surface area contributed by atoms with Crippen molar-refractivity contribution in [1.82, 2.24) is 20.6 Å². The molecule has 0 aliphatic carbocycles. The van der Waals surface area contributed by atoms with Crippen LogP contribution in [0.1, 0.15) is 0 Å². The molecule has 0 aliphatic rings. The van der Waals surface area contributed by atoms with Crippen LogP contribution >= 0.6 is 22.9 Å². The van der Waals surface area contributed by atoms with E-state index in [0.717, 1.165) is 25.9 Å². The van der Waals surface area contributed by atoms with Gasteiger partial charge in [-0.15, -0.1) is 16.4 Å². The molecule has 0 unspecified atom stereocenters. The maximum atomic E-state index is 6.12. The molecule has 0 saturated heterocycles. The molecule has 0 spiro atoms. The van der Waals surface area contributed by atoms with Gasteiger partial charge in [0.2, 0.25) is 0 Å². The van der Waals surface area contributed by atoms with E-state index in [2.05, 4.69) is 75.2 Å². The normalized spacial score (nSPS) is 10.9. The number of rotatable bonds is 4. The molecule has 0 radical (unpaired) electrons. The van der Waals surface area contributed by atoms with E-state index in [4.69, 9.17) is 11.6 Å². The Hall–Kier alpha value is -3.28. The van der Waals surface area contributed by atoms with Crippen LogP contribution in [0.2, 0.25) is 5.02 Å². The van der Waals surface area contributed by atoms with Crippen LogP contribution in [0.4, 0.5) is 0 Å². The van der Waals surface area contributed by atoms with Crippen LogP contribution < -0.4 is 0 Å². The number of tetrazole rings is 1. The van der Waals surface area contributed by atoms with Gasteiger partial charge in [-0.25, -0.2) is 5.10 Å². The summed E-state index contributed by atoms with van der Waals surface area (Å²) < 4.78 is 0. The molecule has 1 N–H and O–H groups in total. The molecule has 140 valence electrons. The molecule has 2 aromatic heterocycles. The van der Waals surface area contributed by atoms with Gasteiger partial charge in [0.25, 0.3) is 0 Å². The number of benzene rings is 3. The number of hydrogen-bond donors (Lipinski definition) is 1. The molecule has 29 heavy (non-hydrogen) atoms. The third-order valence-corrected chi connectivity index (χ3v) is 6.16. The van der Waals surface area contributed by atoms with Crippen molar-refractivity contribution >= 4 is 22.9 Å². The fourth-order valence-corrected chi connectivity index (χ4v) is 4.61. The Morgan fingerprint density at radius 2 is 1.45 bits per heavy atom. The SMILES string of the molecule is Clc1ccc(-c2sc(-c3nnn[nH]3)cc2-c2ccccc2-c2ccccc2)cc1. The molecule has 5 aromatic rings. The van der Waals surface area contributed by atoms with Crippen LogP contribution in [0.25, 0.3) is 43.4 Å². The maximum absolute atomic E-state index is 6.12. The average molecular weight is 415 g/mol.